The number of benzene rings is 1. The van der Waals surface area contributed by atoms with Crippen molar-refractivity contribution in [3.63, 3.8) is 0 Å². The molecule has 7 nitrogen and oxygen atoms in total. The summed E-state index contributed by atoms with van der Waals surface area (Å²) in [5.74, 6) is -0.230. The highest BCUT2D eigenvalue weighted by atomic mass is 35.5. The number of nitro groups is 1. The molecular weight excluding hydrogens is 320 g/mol. The standard InChI is InChI=1S/C15H13ClN4O3/c1-9-7-10(2)18-15(17-9)19-14(21)6-4-11-3-5-12(16)13(8-11)20(22)23/h3-8H,1-2H3,(H,17,18,19,21). The first kappa shape index (κ1) is 16.6. The van der Waals surface area contributed by atoms with Crippen molar-refractivity contribution in [2.75, 3.05) is 5.32 Å². The Morgan fingerprint density at radius 2 is 1.91 bits per heavy atom. The molecule has 0 radical (unpaired) electrons. The number of anilines is 1. The summed E-state index contributed by atoms with van der Waals surface area (Å²) < 4.78 is 0. The van der Waals surface area contributed by atoms with Crippen LogP contribution in [0.5, 0.6) is 0 Å². The topological polar surface area (TPSA) is 98.0 Å². The molecule has 0 bridgehead atoms. The van der Waals surface area contributed by atoms with Gasteiger partial charge in [0, 0.05) is 23.5 Å². The van der Waals surface area contributed by atoms with E-state index in [1.165, 1.54) is 24.3 Å². The molecule has 23 heavy (non-hydrogen) atoms. The van der Waals surface area contributed by atoms with E-state index in [0.717, 1.165) is 11.4 Å². The predicted molar refractivity (Wildman–Crippen MR) is 87.3 cm³/mol. The smallest absolute Gasteiger partial charge is 0.288 e. The number of nitrogens with one attached hydrogen (secondary N) is 1. The Kier molecular flexibility index (Phi) is 5.02. The molecule has 1 heterocycles. The van der Waals surface area contributed by atoms with Gasteiger partial charge in [0.2, 0.25) is 5.95 Å². The number of nitro benzene ring substituents is 1. The third kappa shape index (κ3) is 4.58. The van der Waals surface area contributed by atoms with Crippen LogP contribution in [0.4, 0.5) is 11.6 Å². The third-order valence-corrected chi connectivity index (χ3v) is 3.13. The maximum absolute atomic E-state index is 11.9. The number of carbonyl (C=O) groups excluding carboxylic acids is 1. The molecule has 0 aliphatic carbocycles. The molecular formula is C15H13ClN4O3. The van der Waals surface area contributed by atoms with Crippen LogP contribution in [0.25, 0.3) is 6.08 Å². The monoisotopic (exact) mass is 332 g/mol. The maximum Gasteiger partial charge on any atom is 0.288 e. The lowest BCUT2D eigenvalue weighted by molar-refractivity contribution is -0.384. The van der Waals surface area contributed by atoms with Crippen molar-refractivity contribution in [3.05, 3.63) is 62.4 Å². The molecule has 0 fully saturated rings. The summed E-state index contributed by atoms with van der Waals surface area (Å²) in [5.41, 5.74) is 1.75. The fraction of sp³-hybridized carbons (Fsp3) is 0.133. The van der Waals surface area contributed by atoms with Gasteiger partial charge in [-0.2, -0.15) is 0 Å². The van der Waals surface area contributed by atoms with Crippen LogP contribution in [-0.4, -0.2) is 20.8 Å². The van der Waals surface area contributed by atoms with E-state index in [9.17, 15) is 14.9 Å². The lowest BCUT2D eigenvalue weighted by Crippen LogP contribution is -2.11. The van der Waals surface area contributed by atoms with Crippen LogP contribution in [0.15, 0.2) is 30.3 Å². The highest BCUT2D eigenvalue weighted by molar-refractivity contribution is 6.32. The van der Waals surface area contributed by atoms with E-state index in [-0.39, 0.29) is 16.7 Å². The molecule has 0 spiro atoms. The second-order valence-electron chi connectivity index (χ2n) is 4.76. The minimum atomic E-state index is -0.580. The van der Waals surface area contributed by atoms with Gasteiger partial charge in [-0.25, -0.2) is 9.97 Å². The second kappa shape index (κ2) is 6.97. The zero-order valence-electron chi connectivity index (χ0n) is 12.4. The Balaban J connectivity index is 2.12. The molecule has 8 heteroatoms. The second-order valence-corrected chi connectivity index (χ2v) is 5.17. The minimum absolute atomic E-state index is 0.0419. The summed E-state index contributed by atoms with van der Waals surface area (Å²) in [7, 11) is 0. The van der Waals surface area contributed by atoms with E-state index < -0.39 is 10.8 Å². The molecule has 0 saturated carbocycles. The van der Waals surface area contributed by atoms with Gasteiger partial charge in [0.05, 0.1) is 4.92 Å². The zero-order chi connectivity index (χ0) is 17.0. The van der Waals surface area contributed by atoms with Gasteiger partial charge in [-0.3, -0.25) is 20.2 Å². The van der Waals surface area contributed by atoms with Gasteiger partial charge in [0.15, 0.2) is 0 Å². The summed E-state index contributed by atoms with van der Waals surface area (Å²) in [6, 6.07) is 6.06. The molecule has 2 rings (SSSR count). The number of nitrogens with zero attached hydrogens (tertiary/aromatic N) is 3. The van der Waals surface area contributed by atoms with Gasteiger partial charge in [0.1, 0.15) is 5.02 Å². The number of hydrogen-bond acceptors (Lipinski definition) is 5. The number of aromatic nitrogens is 2. The van der Waals surface area contributed by atoms with Gasteiger partial charge in [-0.1, -0.05) is 17.7 Å². The van der Waals surface area contributed by atoms with E-state index in [4.69, 9.17) is 11.6 Å². The summed E-state index contributed by atoms with van der Waals surface area (Å²) >= 11 is 5.73. The summed E-state index contributed by atoms with van der Waals surface area (Å²) in [5, 5.41) is 13.4. The minimum Gasteiger partial charge on any atom is -0.291 e. The molecule has 118 valence electrons. The van der Waals surface area contributed by atoms with Gasteiger partial charge in [0.25, 0.3) is 11.6 Å². The van der Waals surface area contributed by atoms with Crippen molar-refractivity contribution in [2.45, 2.75) is 13.8 Å². The van der Waals surface area contributed by atoms with Crippen molar-refractivity contribution >= 4 is 35.2 Å². The average Bonchev–Trinajstić information content (AvgIpc) is 2.45. The molecule has 1 N–H and O–H groups in total. The first-order valence-corrected chi connectivity index (χ1v) is 6.98. The summed E-state index contributed by atoms with van der Waals surface area (Å²) in [6.45, 7) is 3.60. The molecule has 1 aromatic carbocycles. The number of rotatable bonds is 4. The van der Waals surface area contributed by atoms with Crippen LogP contribution >= 0.6 is 11.6 Å². The molecule has 2 aromatic rings. The molecule has 0 unspecified atom stereocenters. The highest BCUT2D eigenvalue weighted by Crippen LogP contribution is 2.25. The fourth-order valence-electron chi connectivity index (χ4n) is 1.88. The Morgan fingerprint density at radius 3 is 2.52 bits per heavy atom. The van der Waals surface area contributed by atoms with Crippen LogP contribution < -0.4 is 5.32 Å². The van der Waals surface area contributed by atoms with E-state index in [2.05, 4.69) is 15.3 Å². The van der Waals surface area contributed by atoms with E-state index in [1.54, 1.807) is 26.0 Å². The van der Waals surface area contributed by atoms with Crippen molar-refractivity contribution in [1.29, 1.82) is 0 Å². The van der Waals surface area contributed by atoms with Crippen molar-refractivity contribution < 1.29 is 9.72 Å². The third-order valence-electron chi connectivity index (χ3n) is 2.81. The number of amides is 1. The lowest BCUT2D eigenvalue weighted by atomic mass is 10.2. The van der Waals surface area contributed by atoms with Gasteiger partial charge in [-0.15, -0.1) is 0 Å². The first-order chi connectivity index (χ1) is 10.8. The fourth-order valence-corrected chi connectivity index (χ4v) is 2.07. The van der Waals surface area contributed by atoms with Crippen LogP contribution in [0.1, 0.15) is 17.0 Å². The molecule has 1 amide bonds. The van der Waals surface area contributed by atoms with Crippen LogP contribution in [0.2, 0.25) is 5.02 Å². The molecule has 1 aromatic heterocycles. The number of aryl methyl sites for hydroxylation is 2. The van der Waals surface area contributed by atoms with Gasteiger partial charge >= 0.3 is 0 Å². The van der Waals surface area contributed by atoms with E-state index >= 15 is 0 Å². The summed E-state index contributed by atoms with van der Waals surface area (Å²) in [4.78, 5) is 30.3. The average molecular weight is 333 g/mol. The SMILES string of the molecule is Cc1cc(C)nc(NC(=O)C=Cc2ccc(Cl)c([N+](=O)[O-])c2)n1. The Morgan fingerprint density at radius 1 is 1.26 bits per heavy atom. The lowest BCUT2D eigenvalue weighted by Gasteiger charge is -2.03. The maximum atomic E-state index is 11.9. The normalized spacial score (nSPS) is 10.7. The first-order valence-electron chi connectivity index (χ1n) is 6.60. The Bertz CT molecular complexity index is 785. The summed E-state index contributed by atoms with van der Waals surface area (Å²) in [6.07, 6.45) is 2.69. The predicted octanol–water partition coefficient (Wildman–Crippen LogP) is 3.31. The van der Waals surface area contributed by atoms with Crippen molar-refractivity contribution in [1.82, 2.24) is 9.97 Å². The van der Waals surface area contributed by atoms with Crippen LogP contribution in [0, 0.1) is 24.0 Å². The molecule has 0 aliphatic rings. The quantitative estimate of drug-likeness (QED) is 0.526. The number of hydrogen-bond donors (Lipinski definition) is 1. The Labute approximate surface area is 137 Å². The molecule has 0 saturated heterocycles. The highest BCUT2D eigenvalue weighted by Gasteiger charge is 2.11. The Hall–Kier alpha value is -2.80. The van der Waals surface area contributed by atoms with Crippen molar-refractivity contribution in [3.8, 4) is 0 Å². The number of halogens is 1. The van der Waals surface area contributed by atoms with Crippen LogP contribution in [0.3, 0.4) is 0 Å². The van der Waals surface area contributed by atoms with E-state index in [0.29, 0.717) is 5.56 Å². The van der Waals surface area contributed by atoms with Crippen molar-refractivity contribution in [2.24, 2.45) is 0 Å². The number of carbonyl (C=O) groups is 1. The van der Waals surface area contributed by atoms with Gasteiger partial charge in [-0.05, 0) is 37.6 Å². The van der Waals surface area contributed by atoms with E-state index in [1.807, 2.05) is 0 Å². The van der Waals surface area contributed by atoms with Crippen LogP contribution in [-0.2, 0) is 4.79 Å². The molecule has 0 aliphatic heterocycles. The van der Waals surface area contributed by atoms with Gasteiger partial charge < -0.3 is 0 Å². The largest absolute Gasteiger partial charge is 0.291 e. The zero-order valence-corrected chi connectivity index (χ0v) is 13.2. The molecule has 0 atom stereocenters.